The van der Waals surface area contributed by atoms with Gasteiger partial charge in [0.05, 0.1) is 6.20 Å². The number of aromatic amines is 1. The number of H-pyrrole nitrogens is 1. The van der Waals surface area contributed by atoms with Crippen LogP contribution in [0.5, 0.6) is 0 Å². The van der Waals surface area contributed by atoms with Crippen molar-refractivity contribution in [2.75, 3.05) is 11.1 Å². The highest BCUT2D eigenvalue weighted by atomic mass is 15.1. The van der Waals surface area contributed by atoms with Crippen LogP contribution in [0.1, 0.15) is 5.56 Å². The fourth-order valence-corrected chi connectivity index (χ4v) is 1.12. The van der Waals surface area contributed by atoms with Crippen molar-refractivity contribution in [3.8, 4) is 0 Å². The first-order valence-electron chi connectivity index (χ1n) is 4.29. The molecule has 2 aromatic heterocycles. The highest BCUT2D eigenvalue weighted by Gasteiger charge is 2.00. The van der Waals surface area contributed by atoms with Gasteiger partial charge in [0.15, 0.2) is 0 Å². The molecule has 5 heteroatoms. The van der Waals surface area contributed by atoms with Gasteiger partial charge in [0.2, 0.25) is 0 Å². The Bertz CT molecular complexity index is 395. The maximum Gasteiger partial charge on any atom is 0.126 e. The molecule has 0 amide bonds. The van der Waals surface area contributed by atoms with Crippen LogP contribution < -0.4 is 11.1 Å². The molecule has 0 spiro atoms. The van der Waals surface area contributed by atoms with Crippen molar-refractivity contribution in [2.45, 2.75) is 6.54 Å². The lowest BCUT2D eigenvalue weighted by atomic mass is 10.3. The third kappa shape index (κ3) is 1.82. The molecule has 0 saturated carbocycles. The molecule has 0 unspecified atom stereocenters. The zero-order chi connectivity index (χ0) is 9.80. The molecule has 2 rings (SSSR count). The normalized spacial score (nSPS) is 10.0. The monoisotopic (exact) mass is 189 g/mol. The first-order valence-corrected chi connectivity index (χ1v) is 4.29. The third-order valence-electron chi connectivity index (χ3n) is 1.88. The van der Waals surface area contributed by atoms with E-state index in [0.717, 1.165) is 11.4 Å². The Balaban J connectivity index is 1.99. The number of nitrogen functional groups attached to an aromatic ring is 1. The minimum atomic E-state index is 0.591. The molecular weight excluding hydrogens is 178 g/mol. The summed E-state index contributed by atoms with van der Waals surface area (Å²) in [5.41, 5.74) is 6.57. The number of pyridine rings is 1. The Morgan fingerprint density at radius 1 is 1.43 bits per heavy atom. The molecule has 0 aliphatic rings. The fourth-order valence-electron chi connectivity index (χ4n) is 1.12. The average molecular weight is 189 g/mol. The van der Waals surface area contributed by atoms with Crippen molar-refractivity contribution in [2.24, 2.45) is 0 Å². The van der Waals surface area contributed by atoms with Crippen LogP contribution in [0.15, 0.2) is 30.6 Å². The topological polar surface area (TPSA) is 79.6 Å². The van der Waals surface area contributed by atoms with Gasteiger partial charge in [-0.25, -0.2) is 4.98 Å². The number of nitrogens with one attached hydrogen (secondary N) is 2. The summed E-state index contributed by atoms with van der Waals surface area (Å²) in [6, 6.07) is 5.70. The zero-order valence-corrected chi connectivity index (χ0v) is 7.57. The molecule has 0 bridgehead atoms. The van der Waals surface area contributed by atoms with E-state index in [1.807, 2.05) is 18.2 Å². The van der Waals surface area contributed by atoms with E-state index in [4.69, 9.17) is 5.73 Å². The van der Waals surface area contributed by atoms with Crippen molar-refractivity contribution in [1.82, 2.24) is 15.2 Å². The maximum absolute atomic E-state index is 5.63. The lowest BCUT2D eigenvalue weighted by molar-refractivity contribution is 1.10. The van der Waals surface area contributed by atoms with E-state index < -0.39 is 0 Å². The molecule has 0 aliphatic carbocycles. The zero-order valence-electron chi connectivity index (χ0n) is 7.57. The summed E-state index contributed by atoms with van der Waals surface area (Å²) < 4.78 is 0. The second kappa shape index (κ2) is 3.78. The third-order valence-corrected chi connectivity index (χ3v) is 1.88. The molecule has 0 atom stereocenters. The van der Waals surface area contributed by atoms with Crippen LogP contribution >= 0.6 is 0 Å². The largest absolute Gasteiger partial charge is 0.384 e. The Morgan fingerprint density at radius 3 is 3.00 bits per heavy atom. The Kier molecular flexibility index (Phi) is 2.31. The van der Waals surface area contributed by atoms with E-state index in [0.29, 0.717) is 12.4 Å². The van der Waals surface area contributed by atoms with Crippen LogP contribution in [0.4, 0.5) is 11.6 Å². The van der Waals surface area contributed by atoms with Crippen LogP contribution in [0.2, 0.25) is 0 Å². The Morgan fingerprint density at radius 2 is 2.36 bits per heavy atom. The Hall–Kier alpha value is -2.04. The number of hydrogen-bond acceptors (Lipinski definition) is 4. The number of hydrogen-bond donors (Lipinski definition) is 3. The minimum absolute atomic E-state index is 0.591. The van der Waals surface area contributed by atoms with Gasteiger partial charge in [-0.15, -0.1) is 0 Å². The van der Waals surface area contributed by atoms with Gasteiger partial charge in [0.25, 0.3) is 0 Å². The van der Waals surface area contributed by atoms with Crippen LogP contribution in [0, 0.1) is 0 Å². The van der Waals surface area contributed by atoms with Gasteiger partial charge in [-0.2, -0.15) is 5.10 Å². The van der Waals surface area contributed by atoms with Crippen LogP contribution in [0.25, 0.3) is 0 Å². The van der Waals surface area contributed by atoms with Crippen molar-refractivity contribution in [3.05, 3.63) is 36.2 Å². The van der Waals surface area contributed by atoms with E-state index in [9.17, 15) is 0 Å². The molecule has 4 N–H and O–H groups in total. The van der Waals surface area contributed by atoms with E-state index in [2.05, 4.69) is 20.5 Å². The molecular formula is C9H11N5. The minimum Gasteiger partial charge on any atom is -0.384 e. The summed E-state index contributed by atoms with van der Waals surface area (Å²) in [4.78, 5) is 4.13. The van der Waals surface area contributed by atoms with Crippen molar-refractivity contribution < 1.29 is 0 Å². The predicted octanol–water partition coefficient (Wildman–Crippen LogP) is 0.999. The first kappa shape index (κ1) is 8.55. The Labute approximate surface area is 81.4 Å². The molecule has 5 nitrogen and oxygen atoms in total. The molecule has 2 heterocycles. The summed E-state index contributed by atoms with van der Waals surface area (Å²) in [5.74, 6) is 1.42. The van der Waals surface area contributed by atoms with E-state index in [1.165, 1.54) is 0 Å². The number of nitrogens with zero attached hydrogens (tertiary/aromatic N) is 2. The number of rotatable bonds is 3. The molecule has 0 aliphatic heterocycles. The molecule has 0 fully saturated rings. The van der Waals surface area contributed by atoms with E-state index >= 15 is 0 Å². The maximum atomic E-state index is 5.63. The lowest BCUT2D eigenvalue weighted by Crippen LogP contribution is -2.02. The molecule has 14 heavy (non-hydrogen) atoms. The molecule has 0 radical (unpaired) electrons. The van der Waals surface area contributed by atoms with Gasteiger partial charge in [-0.3, -0.25) is 5.10 Å². The summed E-state index contributed by atoms with van der Waals surface area (Å²) in [7, 11) is 0. The van der Waals surface area contributed by atoms with Gasteiger partial charge < -0.3 is 11.1 Å². The second-order valence-electron chi connectivity index (χ2n) is 2.88. The SMILES string of the molecule is Nc1[nH]ncc1CNc1ccccn1. The van der Waals surface area contributed by atoms with Gasteiger partial charge >= 0.3 is 0 Å². The molecule has 2 aromatic rings. The van der Waals surface area contributed by atoms with Crippen LogP contribution in [-0.4, -0.2) is 15.2 Å². The van der Waals surface area contributed by atoms with Crippen LogP contribution in [-0.2, 0) is 6.54 Å². The van der Waals surface area contributed by atoms with E-state index in [-0.39, 0.29) is 0 Å². The summed E-state index contributed by atoms with van der Waals surface area (Å²) in [6.45, 7) is 0.624. The molecule has 0 saturated heterocycles. The number of anilines is 2. The predicted molar refractivity (Wildman–Crippen MR) is 54.6 cm³/mol. The highest BCUT2D eigenvalue weighted by Crippen LogP contribution is 2.08. The van der Waals surface area contributed by atoms with Gasteiger partial charge in [-0.1, -0.05) is 6.07 Å². The van der Waals surface area contributed by atoms with E-state index in [1.54, 1.807) is 12.4 Å². The van der Waals surface area contributed by atoms with Gasteiger partial charge in [-0.05, 0) is 12.1 Å². The number of aromatic nitrogens is 3. The summed E-state index contributed by atoms with van der Waals surface area (Å²) in [6.07, 6.45) is 3.44. The lowest BCUT2D eigenvalue weighted by Gasteiger charge is -2.03. The smallest absolute Gasteiger partial charge is 0.126 e. The van der Waals surface area contributed by atoms with Crippen molar-refractivity contribution in [1.29, 1.82) is 0 Å². The van der Waals surface area contributed by atoms with Crippen molar-refractivity contribution >= 4 is 11.6 Å². The summed E-state index contributed by atoms with van der Waals surface area (Å²) in [5, 5.41) is 9.63. The molecule has 0 aromatic carbocycles. The summed E-state index contributed by atoms with van der Waals surface area (Å²) >= 11 is 0. The fraction of sp³-hybridized carbons (Fsp3) is 0.111. The second-order valence-corrected chi connectivity index (χ2v) is 2.88. The quantitative estimate of drug-likeness (QED) is 0.673. The van der Waals surface area contributed by atoms with Crippen molar-refractivity contribution in [3.63, 3.8) is 0 Å². The highest BCUT2D eigenvalue weighted by molar-refractivity contribution is 5.41. The first-order chi connectivity index (χ1) is 6.86. The standard InChI is InChI=1S/C9H11N5/c10-9-7(6-13-14-9)5-12-8-3-1-2-4-11-8/h1-4,6H,5H2,(H,11,12)(H3,10,13,14). The van der Waals surface area contributed by atoms with Gasteiger partial charge in [0, 0.05) is 18.3 Å². The van der Waals surface area contributed by atoms with Gasteiger partial charge in [0.1, 0.15) is 11.6 Å². The average Bonchev–Trinajstić information content (AvgIpc) is 2.63. The number of nitrogens with two attached hydrogens (primary N) is 1. The van der Waals surface area contributed by atoms with Crippen LogP contribution in [0.3, 0.4) is 0 Å². The molecule has 72 valence electrons.